The number of nitrogens with zero attached hydrogens (tertiary/aromatic N) is 1. The van der Waals surface area contributed by atoms with Crippen LogP contribution in [0, 0.1) is 0 Å². The van der Waals surface area contributed by atoms with E-state index in [1.165, 1.54) is 12.7 Å². The lowest BCUT2D eigenvalue weighted by Gasteiger charge is -2.13. The number of rotatable bonds is 7. The van der Waals surface area contributed by atoms with E-state index in [9.17, 15) is 5.11 Å². The van der Waals surface area contributed by atoms with Crippen LogP contribution in [0.15, 0.2) is 53.7 Å². The number of hydrogen-bond acceptors (Lipinski definition) is 4. The Morgan fingerprint density at radius 2 is 1.73 bits per heavy atom. The predicted molar refractivity (Wildman–Crippen MR) is 87.2 cm³/mol. The molecule has 0 bridgehead atoms. The van der Waals surface area contributed by atoms with Crippen molar-refractivity contribution in [1.82, 2.24) is 0 Å². The Kier molecular flexibility index (Phi) is 5.98. The van der Waals surface area contributed by atoms with Crippen LogP contribution in [0.25, 0.3) is 0 Å². The van der Waals surface area contributed by atoms with Gasteiger partial charge in [0, 0.05) is 5.56 Å². The maximum Gasteiger partial charge on any atom is 0.122 e. The Bertz CT molecular complexity index is 638. The van der Waals surface area contributed by atoms with Crippen molar-refractivity contribution in [3.05, 3.63) is 65.2 Å². The van der Waals surface area contributed by atoms with Gasteiger partial charge in [-0.25, -0.2) is 0 Å². The zero-order valence-electron chi connectivity index (χ0n) is 13.0. The number of aryl methyl sites for hydroxylation is 1. The fourth-order valence-corrected chi connectivity index (χ4v) is 2.29. The maximum atomic E-state index is 9.45. The summed E-state index contributed by atoms with van der Waals surface area (Å²) in [5.41, 5.74) is 3.46. The van der Waals surface area contributed by atoms with E-state index in [0.717, 1.165) is 23.3 Å². The van der Waals surface area contributed by atoms with E-state index in [1.807, 2.05) is 42.5 Å². The fourth-order valence-electron chi connectivity index (χ4n) is 2.29. The molecule has 0 atom stereocenters. The number of benzene rings is 2. The van der Waals surface area contributed by atoms with E-state index < -0.39 is 0 Å². The number of aliphatic hydroxyl groups is 1. The Labute approximate surface area is 131 Å². The largest absolute Gasteiger partial charge is 0.489 e. The summed E-state index contributed by atoms with van der Waals surface area (Å²) >= 11 is 0. The van der Waals surface area contributed by atoms with Crippen molar-refractivity contribution in [3.63, 3.8) is 0 Å². The standard InChI is InChI=1S/C18H21NO3/c1-3-14-8-5-7-11-18(14)22-13-15-9-4-6-10-16(15)17(12-20)19-21-2/h4-11,20H,3,12-13H2,1-2H3. The average molecular weight is 299 g/mol. The van der Waals surface area contributed by atoms with Gasteiger partial charge in [-0.2, -0.15) is 0 Å². The van der Waals surface area contributed by atoms with Gasteiger partial charge in [0.25, 0.3) is 0 Å². The smallest absolute Gasteiger partial charge is 0.122 e. The zero-order chi connectivity index (χ0) is 15.8. The number of aliphatic hydroxyl groups excluding tert-OH is 1. The van der Waals surface area contributed by atoms with Crippen LogP contribution in [0.4, 0.5) is 0 Å². The molecule has 0 aliphatic heterocycles. The highest BCUT2D eigenvalue weighted by Gasteiger charge is 2.10. The molecule has 0 saturated heterocycles. The fraction of sp³-hybridized carbons (Fsp3) is 0.278. The van der Waals surface area contributed by atoms with Crippen LogP contribution in [0.1, 0.15) is 23.6 Å². The molecule has 0 aliphatic rings. The van der Waals surface area contributed by atoms with Gasteiger partial charge in [-0.1, -0.05) is 54.5 Å². The van der Waals surface area contributed by atoms with E-state index in [-0.39, 0.29) is 6.61 Å². The van der Waals surface area contributed by atoms with Crippen molar-refractivity contribution < 1.29 is 14.7 Å². The highest BCUT2D eigenvalue weighted by atomic mass is 16.6. The maximum absolute atomic E-state index is 9.45. The van der Waals surface area contributed by atoms with Gasteiger partial charge in [0.15, 0.2) is 0 Å². The molecule has 0 radical (unpaired) electrons. The Morgan fingerprint density at radius 1 is 1.05 bits per heavy atom. The van der Waals surface area contributed by atoms with Gasteiger partial charge in [0.1, 0.15) is 25.2 Å². The van der Waals surface area contributed by atoms with Crippen molar-refractivity contribution in [3.8, 4) is 5.75 Å². The molecule has 1 N–H and O–H groups in total. The quantitative estimate of drug-likeness (QED) is 0.631. The van der Waals surface area contributed by atoms with Crippen LogP contribution in [0.3, 0.4) is 0 Å². The lowest BCUT2D eigenvalue weighted by atomic mass is 10.0. The molecule has 4 heteroatoms. The summed E-state index contributed by atoms with van der Waals surface area (Å²) in [6.45, 7) is 2.33. The van der Waals surface area contributed by atoms with Gasteiger partial charge in [0.2, 0.25) is 0 Å². The summed E-state index contributed by atoms with van der Waals surface area (Å²) in [7, 11) is 1.46. The third-order valence-electron chi connectivity index (χ3n) is 3.42. The van der Waals surface area contributed by atoms with Crippen LogP contribution in [-0.4, -0.2) is 24.5 Å². The minimum absolute atomic E-state index is 0.184. The van der Waals surface area contributed by atoms with E-state index in [2.05, 4.69) is 18.1 Å². The zero-order valence-corrected chi connectivity index (χ0v) is 13.0. The Morgan fingerprint density at radius 3 is 2.41 bits per heavy atom. The van der Waals surface area contributed by atoms with E-state index >= 15 is 0 Å². The molecule has 22 heavy (non-hydrogen) atoms. The second-order valence-corrected chi connectivity index (χ2v) is 4.79. The summed E-state index contributed by atoms with van der Waals surface area (Å²) in [4.78, 5) is 4.79. The highest BCUT2D eigenvalue weighted by molar-refractivity contribution is 6.02. The van der Waals surface area contributed by atoms with E-state index in [4.69, 9.17) is 9.57 Å². The van der Waals surface area contributed by atoms with E-state index in [0.29, 0.717) is 12.3 Å². The normalized spacial score (nSPS) is 11.3. The molecule has 2 rings (SSSR count). The summed E-state index contributed by atoms with van der Waals surface area (Å²) < 4.78 is 5.95. The first-order valence-corrected chi connectivity index (χ1v) is 7.30. The summed E-state index contributed by atoms with van der Waals surface area (Å²) in [6, 6.07) is 15.7. The second kappa shape index (κ2) is 8.20. The minimum Gasteiger partial charge on any atom is -0.489 e. The van der Waals surface area contributed by atoms with Gasteiger partial charge in [-0.15, -0.1) is 0 Å². The number of oxime groups is 1. The first-order chi connectivity index (χ1) is 10.8. The Balaban J connectivity index is 2.22. The molecule has 0 aromatic heterocycles. The van der Waals surface area contributed by atoms with Crippen molar-refractivity contribution in [2.45, 2.75) is 20.0 Å². The molecular formula is C18H21NO3. The Hall–Kier alpha value is -2.33. The topological polar surface area (TPSA) is 51.0 Å². The van der Waals surface area contributed by atoms with Crippen molar-refractivity contribution in [2.75, 3.05) is 13.7 Å². The molecule has 0 saturated carbocycles. The number of hydrogen-bond donors (Lipinski definition) is 1. The van der Waals surface area contributed by atoms with Gasteiger partial charge in [-0.3, -0.25) is 0 Å². The van der Waals surface area contributed by atoms with Gasteiger partial charge >= 0.3 is 0 Å². The highest BCUT2D eigenvalue weighted by Crippen LogP contribution is 2.21. The molecule has 0 fully saturated rings. The third-order valence-corrected chi connectivity index (χ3v) is 3.42. The summed E-state index contributed by atoms with van der Waals surface area (Å²) in [5, 5.41) is 13.3. The molecule has 4 nitrogen and oxygen atoms in total. The first-order valence-electron chi connectivity index (χ1n) is 7.30. The second-order valence-electron chi connectivity index (χ2n) is 4.79. The first kappa shape index (κ1) is 16.0. The van der Waals surface area contributed by atoms with E-state index in [1.54, 1.807) is 0 Å². The van der Waals surface area contributed by atoms with Crippen LogP contribution in [-0.2, 0) is 17.9 Å². The number of para-hydroxylation sites is 1. The average Bonchev–Trinajstić information content (AvgIpc) is 2.58. The molecular weight excluding hydrogens is 278 g/mol. The summed E-state index contributed by atoms with van der Waals surface area (Å²) in [6.07, 6.45) is 0.921. The molecule has 0 amide bonds. The molecule has 0 aliphatic carbocycles. The lowest BCUT2D eigenvalue weighted by Crippen LogP contribution is -2.12. The van der Waals surface area contributed by atoms with Gasteiger partial charge in [0.05, 0.1) is 6.61 Å². The molecule has 0 heterocycles. The van der Waals surface area contributed by atoms with Crippen molar-refractivity contribution in [2.24, 2.45) is 5.16 Å². The molecule has 0 spiro atoms. The predicted octanol–water partition coefficient (Wildman–Crippen LogP) is 3.17. The van der Waals surface area contributed by atoms with Crippen molar-refractivity contribution in [1.29, 1.82) is 0 Å². The van der Waals surface area contributed by atoms with Gasteiger partial charge < -0.3 is 14.7 Å². The molecule has 116 valence electrons. The molecule has 0 unspecified atom stereocenters. The van der Waals surface area contributed by atoms with Crippen molar-refractivity contribution >= 4 is 5.71 Å². The minimum atomic E-state index is -0.184. The van der Waals surface area contributed by atoms with Crippen LogP contribution in [0.5, 0.6) is 5.75 Å². The molecule has 2 aromatic rings. The third kappa shape index (κ3) is 3.86. The summed E-state index contributed by atoms with van der Waals surface area (Å²) in [5.74, 6) is 0.883. The van der Waals surface area contributed by atoms with Gasteiger partial charge in [-0.05, 0) is 23.6 Å². The van der Waals surface area contributed by atoms with Crippen LogP contribution < -0.4 is 4.74 Å². The molecule has 2 aromatic carbocycles. The number of ether oxygens (including phenoxy) is 1. The SMILES string of the molecule is CCc1ccccc1OCc1ccccc1C(CO)=NOC. The van der Waals surface area contributed by atoms with Crippen LogP contribution in [0.2, 0.25) is 0 Å². The monoisotopic (exact) mass is 299 g/mol. The van der Waals surface area contributed by atoms with Crippen LogP contribution >= 0.6 is 0 Å². The lowest BCUT2D eigenvalue weighted by molar-refractivity contribution is 0.209.